The van der Waals surface area contributed by atoms with Crippen LogP contribution in [0.2, 0.25) is 0 Å². The van der Waals surface area contributed by atoms with Gasteiger partial charge in [-0.25, -0.2) is 4.98 Å². The summed E-state index contributed by atoms with van der Waals surface area (Å²) in [6, 6.07) is 11.4. The molecule has 7 heteroatoms. The number of nitrogens with zero attached hydrogens (tertiary/aromatic N) is 2. The Kier molecular flexibility index (Phi) is 5.76. The van der Waals surface area contributed by atoms with E-state index in [1.165, 1.54) is 0 Å². The molecule has 0 saturated carbocycles. The molecule has 2 aromatic carbocycles. The fourth-order valence-electron chi connectivity index (χ4n) is 3.78. The number of benzene rings is 2. The molecule has 29 heavy (non-hydrogen) atoms. The van der Waals surface area contributed by atoms with Crippen molar-refractivity contribution in [1.82, 2.24) is 14.9 Å². The van der Waals surface area contributed by atoms with Gasteiger partial charge in [0.05, 0.1) is 35.3 Å². The number of para-hydroxylation sites is 2. The second kappa shape index (κ2) is 8.45. The van der Waals surface area contributed by atoms with Crippen LogP contribution in [-0.2, 0) is 0 Å². The number of aromatic amines is 1. The zero-order valence-corrected chi connectivity index (χ0v) is 18.2. The summed E-state index contributed by atoms with van der Waals surface area (Å²) in [5.41, 5.74) is 2.48. The minimum atomic E-state index is -0.0595. The van der Waals surface area contributed by atoms with E-state index in [1.807, 2.05) is 42.2 Å². The highest BCUT2D eigenvalue weighted by molar-refractivity contribution is 9.10. The van der Waals surface area contributed by atoms with Crippen LogP contribution in [0.15, 0.2) is 40.9 Å². The van der Waals surface area contributed by atoms with E-state index in [4.69, 9.17) is 14.5 Å². The van der Waals surface area contributed by atoms with Crippen molar-refractivity contribution in [3.63, 3.8) is 0 Å². The summed E-state index contributed by atoms with van der Waals surface area (Å²) in [6.45, 7) is 3.33. The standard InChI is InChI=1S/C22H24BrN3O3/c1-3-11-29-20-15(23)12-14(13-19(20)28-2)22(27)26-10-6-9-18(26)21-24-16-7-4-5-8-17(16)25-21/h4-5,7-8,12-13,18H,3,6,9-11H2,1-2H3,(H,24,25). The Morgan fingerprint density at radius 1 is 1.34 bits per heavy atom. The number of likely N-dealkylation sites (tertiary alicyclic amines) is 1. The van der Waals surface area contributed by atoms with Gasteiger partial charge in [0.15, 0.2) is 11.5 Å². The average molecular weight is 458 g/mol. The molecule has 0 aliphatic carbocycles. The van der Waals surface area contributed by atoms with Gasteiger partial charge in [-0.3, -0.25) is 4.79 Å². The van der Waals surface area contributed by atoms with Crippen molar-refractivity contribution >= 4 is 32.9 Å². The largest absolute Gasteiger partial charge is 0.493 e. The summed E-state index contributed by atoms with van der Waals surface area (Å²) < 4.78 is 12.0. The first-order valence-electron chi connectivity index (χ1n) is 9.88. The Labute approximate surface area is 178 Å². The van der Waals surface area contributed by atoms with E-state index < -0.39 is 0 Å². The first kappa shape index (κ1) is 19.8. The number of halogens is 1. The number of amides is 1. The van der Waals surface area contributed by atoms with Gasteiger partial charge in [0.1, 0.15) is 5.82 Å². The molecule has 1 aromatic heterocycles. The molecule has 1 aliphatic heterocycles. The van der Waals surface area contributed by atoms with Crippen molar-refractivity contribution < 1.29 is 14.3 Å². The molecule has 1 atom stereocenters. The summed E-state index contributed by atoms with van der Waals surface area (Å²) in [6.07, 6.45) is 2.73. The maximum atomic E-state index is 13.4. The van der Waals surface area contributed by atoms with E-state index in [-0.39, 0.29) is 11.9 Å². The Bertz CT molecular complexity index is 1000. The normalized spacial score (nSPS) is 16.4. The molecular formula is C22H24BrN3O3. The quantitative estimate of drug-likeness (QED) is 0.558. The fourth-order valence-corrected chi connectivity index (χ4v) is 4.33. The molecule has 6 nitrogen and oxygen atoms in total. The van der Waals surface area contributed by atoms with E-state index in [9.17, 15) is 4.79 Å². The third-order valence-corrected chi connectivity index (χ3v) is 5.75. The van der Waals surface area contributed by atoms with E-state index in [2.05, 4.69) is 20.9 Å². The van der Waals surface area contributed by atoms with Crippen LogP contribution in [0.3, 0.4) is 0 Å². The highest BCUT2D eigenvalue weighted by Crippen LogP contribution is 2.39. The van der Waals surface area contributed by atoms with Crippen LogP contribution >= 0.6 is 15.9 Å². The van der Waals surface area contributed by atoms with Crippen molar-refractivity contribution in [3.05, 3.63) is 52.3 Å². The molecule has 1 fully saturated rings. The number of hydrogen-bond acceptors (Lipinski definition) is 4. The predicted octanol–water partition coefficient (Wildman–Crippen LogP) is 5.10. The zero-order valence-electron chi connectivity index (χ0n) is 16.6. The van der Waals surface area contributed by atoms with Gasteiger partial charge in [0.2, 0.25) is 0 Å². The van der Waals surface area contributed by atoms with E-state index in [0.29, 0.717) is 34.7 Å². The topological polar surface area (TPSA) is 67.5 Å². The van der Waals surface area contributed by atoms with E-state index >= 15 is 0 Å². The maximum Gasteiger partial charge on any atom is 0.254 e. The number of ether oxygens (including phenoxy) is 2. The Balaban J connectivity index is 1.63. The van der Waals surface area contributed by atoms with Gasteiger partial charge in [0.25, 0.3) is 5.91 Å². The van der Waals surface area contributed by atoms with Crippen LogP contribution in [0.5, 0.6) is 11.5 Å². The molecule has 1 amide bonds. The van der Waals surface area contributed by atoms with Crippen molar-refractivity contribution in [2.24, 2.45) is 0 Å². The van der Waals surface area contributed by atoms with Gasteiger partial charge in [-0.05, 0) is 59.5 Å². The van der Waals surface area contributed by atoms with E-state index in [1.54, 1.807) is 13.2 Å². The van der Waals surface area contributed by atoms with Crippen LogP contribution in [0, 0.1) is 0 Å². The minimum Gasteiger partial charge on any atom is -0.493 e. The number of fused-ring (bicyclic) bond motifs is 1. The van der Waals surface area contributed by atoms with Crippen molar-refractivity contribution in [2.75, 3.05) is 20.3 Å². The lowest BCUT2D eigenvalue weighted by molar-refractivity contribution is 0.0730. The number of imidazole rings is 1. The smallest absolute Gasteiger partial charge is 0.254 e. The molecule has 1 unspecified atom stereocenters. The zero-order chi connectivity index (χ0) is 20.4. The van der Waals surface area contributed by atoms with Crippen molar-refractivity contribution in [2.45, 2.75) is 32.2 Å². The first-order chi connectivity index (χ1) is 14.1. The van der Waals surface area contributed by atoms with E-state index in [0.717, 1.165) is 36.1 Å². The third-order valence-electron chi connectivity index (χ3n) is 5.16. The molecule has 2 heterocycles. The molecule has 1 aliphatic rings. The van der Waals surface area contributed by atoms with Gasteiger partial charge in [-0.15, -0.1) is 0 Å². The number of carbonyl (C=O) groups is 1. The van der Waals surface area contributed by atoms with Crippen molar-refractivity contribution in [3.8, 4) is 11.5 Å². The highest BCUT2D eigenvalue weighted by Gasteiger charge is 2.33. The summed E-state index contributed by atoms with van der Waals surface area (Å²) >= 11 is 3.53. The molecule has 3 aromatic rings. The Hall–Kier alpha value is -2.54. The monoisotopic (exact) mass is 457 g/mol. The number of nitrogens with one attached hydrogen (secondary N) is 1. The fraction of sp³-hybridized carbons (Fsp3) is 0.364. The van der Waals surface area contributed by atoms with Gasteiger partial charge in [0, 0.05) is 12.1 Å². The average Bonchev–Trinajstić information content (AvgIpc) is 3.38. The molecule has 0 radical (unpaired) electrons. The highest BCUT2D eigenvalue weighted by atomic mass is 79.9. The molecule has 152 valence electrons. The lowest BCUT2D eigenvalue weighted by Crippen LogP contribution is -2.31. The number of hydrogen-bond donors (Lipinski definition) is 1. The SMILES string of the molecule is CCCOc1c(Br)cc(C(=O)N2CCCC2c2nc3ccccc3[nH]2)cc1OC. The second-order valence-electron chi connectivity index (χ2n) is 7.13. The Morgan fingerprint density at radius 2 is 2.17 bits per heavy atom. The van der Waals surface area contributed by atoms with Gasteiger partial charge < -0.3 is 19.4 Å². The Morgan fingerprint density at radius 3 is 2.93 bits per heavy atom. The van der Waals surface area contributed by atoms with Crippen molar-refractivity contribution in [1.29, 1.82) is 0 Å². The van der Waals surface area contributed by atoms with Crippen LogP contribution in [0.1, 0.15) is 48.4 Å². The first-order valence-corrected chi connectivity index (χ1v) is 10.7. The van der Waals surface area contributed by atoms with Crippen LogP contribution in [-0.4, -0.2) is 41.0 Å². The molecule has 0 bridgehead atoms. The summed E-state index contributed by atoms with van der Waals surface area (Å²) in [5, 5.41) is 0. The number of methoxy groups -OCH3 is 1. The molecule has 0 spiro atoms. The lowest BCUT2D eigenvalue weighted by Gasteiger charge is -2.24. The van der Waals surface area contributed by atoms with Crippen LogP contribution < -0.4 is 9.47 Å². The lowest BCUT2D eigenvalue weighted by atomic mass is 10.1. The van der Waals surface area contributed by atoms with Gasteiger partial charge >= 0.3 is 0 Å². The second-order valence-corrected chi connectivity index (χ2v) is 7.99. The molecular weight excluding hydrogens is 434 g/mol. The molecule has 1 saturated heterocycles. The number of aromatic nitrogens is 2. The third kappa shape index (κ3) is 3.83. The summed E-state index contributed by atoms with van der Waals surface area (Å²) in [4.78, 5) is 23.4. The summed E-state index contributed by atoms with van der Waals surface area (Å²) in [5.74, 6) is 1.98. The molecule has 1 N–H and O–H groups in total. The van der Waals surface area contributed by atoms with Gasteiger partial charge in [-0.2, -0.15) is 0 Å². The number of H-pyrrole nitrogens is 1. The number of rotatable bonds is 6. The number of carbonyl (C=O) groups excluding carboxylic acids is 1. The minimum absolute atomic E-state index is 0.0333. The summed E-state index contributed by atoms with van der Waals surface area (Å²) in [7, 11) is 1.59. The molecule has 4 rings (SSSR count). The van der Waals surface area contributed by atoms with Crippen LogP contribution in [0.25, 0.3) is 11.0 Å². The van der Waals surface area contributed by atoms with Crippen LogP contribution in [0.4, 0.5) is 0 Å². The van der Waals surface area contributed by atoms with Gasteiger partial charge in [-0.1, -0.05) is 19.1 Å². The maximum absolute atomic E-state index is 13.4. The predicted molar refractivity (Wildman–Crippen MR) is 116 cm³/mol.